The molecule has 0 unspecified atom stereocenters. The van der Waals surface area contributed by atoms with Gasteiger partial charge in [0.1, 0.15) is 17.7 Å². The third kappa shape index (κ3) is 1.47. The smallest absolute Gasteiger partial charge is 0.306 e. The lowest BCUT2D eigenvalue weighted by atomic mass is 10.1. The maximum atomic E-state index is 13.2. The van der Waals surface area contributed by atoms with Crippen molar-refractivity contribution in [2.75, 3.05) is 0 Å². The first-order chi connectivity index (χ1) is 6.68. The highest BCUT2D eigenvalue weighted by Gasteiger charge is 2.29. The highest BCUT2D eigenvalue weighted by atomic mass is 19.1. The van der Waals surface area contributed by atoms with Crippen molar-refractivity contribution >= 4 is 5.97 Å². The Hall–Kier alpha value is -1.45. The number of carbonyl (C=O) groups is 1. The van der Waals surface area contributed by atoms with Crippen LogP contribution in [-0.4, -0.2) is 5.97 Å². The summed E-state index contributed by atoms with van der Waals surface area (Å²) in [5.41, 5.74) is -0.140. The zero-order chi connectivity index (χ0) is 10.1. The van der Waals surface area contributed by atoms with Gasteiger partial charge in [-0.2, -0.15) is 0 Å². The van der Waals surface area contributed by atoms with E-state index in [1.54, 1.807) is 0 Å². The number of esters is 1. The molecule has 2 rings (SSSR count). The molecule has 1 aliphatic heterocycles. The lowest BCUT2D eigenvalue weighted by Gasteiger charge is -2.10. The summed E-state index contributed by atoms with van der Waals surface area (Å²) in [6.45, 7) is 0. The minimum atomic E-state index is -0.760. The summed E-state index contributed by atoms with van der Waals surface area (Å²) < 4.78 is 31.2. The molecule has 0 aromatic heterocycles. The first-order valence-electron chi connectivity index (χ1n) is 4.32. The Morgan fingerprint density at radius 1 is 1.29 bits per heavy atom. The van der Waals surface area contributed by atoms with Crippen molar-refractivity contribution in [2.24, 2.45) is 0 Å². The molecule has 0 amide bonds. The number of hydrogen-bond donors (Lipinski definition) is 0. The molecule has 1 saturated heterocycles. The topological polar surface area (TPSA) is 26.3 Å². The predicted molar refractivity (Wildman–Crippen MR) is 44.4 cm³/mol. The zero-order valence-corrected chi connectivity index (χ0v) is 7.30. The predicted octanol–water partition coefficient (Wildman–Crippen LogP) is 2.34. The van der Waals surface area contributed by atoms with Gasteiger partial charge in [-0.05, 0) is 18.6 Å². The molecule has 1 aliphatic rings. The quantitative estimate of drug-likeness (QED) is 0.647. The fourth-order valence-electron chi connectivity index (χ4n) is 1.55. The molecule has 14 heavy (non-hydrogen) atoms. The Morgan fingerprint density at radius 3 is 2.43 bits per heavy atom. The second-order valence-corrected chi connectivity index (χ2v) is 3.15. The maximum absolute atomic E-state index is 13.2. The molecule has 1 atom stereocenters. The largest absolute Gasteiger partial charge is 0.457 e. The minimum Gasteiger partial charge on any atom is -0.457 e. The average molecular weight is 198 g/mol. The Bertz CT molecular complexity index is 356. The van der Waals surface area contributed by atoms with Gasteiger partial charge in [-0.3, -0.25) is 4.79 Å². The Labute approximate surface area is 79.5 Å². The van der Waals surface area contributed by atoms with E-state index in [9.17, 15) is 13.6 Å². The SMILES string of the molecule is O=C1CC[C@H](c2c(F)cccc2F)O1. The molecule has 74 valence electrons. The molecule has 1 aromatic carbocycles. The average Bonchev–Trinajstić information content (AvgIpc) is 2.51. The van der Waals surface area contributed by atoms with Crippen LogP contribution in [-0.2, 0) is 9.53 Å². The molecule has 0 spiro atoms. The fourth-order valence-corrected chi connectivity index (χ4v) is 1.55. The van der Waals surface area contributed by atoms with E-state index in [1.807, 2.05) is 0 Å². The van der Waals surface area contributed by atoms with Crippen molar-refractivity contribution in [2.45, 2.75) is 18.9 Å². The van der Waals surface area contributed by atoms with Gasteiger partial charge < -0.3 is 4.74 Å². The van der Waals surface area contributed by atoms with E-state index in [-0.39, 0.29) is 12.0 Å². The first-order valence-corrected chi connectivity index (χ1v) is 4.32. The van der Waals surface area contributed by atoms with E-state index >= 15 is 0 Å². The fraction of sp³-hybridized carbons (Fsp3) is 0.300. The number of rotatable bonds is 1. The normalized spacial score (nSPS) is 21.0. The van der Waals surface area contributed by atoms with Crippen LogP contribution < -0.4 is 0 Å². The number of hydrogen-bond acceptors (Lipinski definition) is 2. The van der Waals surface area contributed by atoms with Crippen molar-refractivity contribution in [3.63, 3.8) is 0 Å². The van der Waals surface area contributed by atoms with Gasteiger partial charge in [-0.1, -0.05) is 6.07 Å². The summed E-state index contributed by atoms with van der Waals surface area (Å²) in [5, 5.41) is 0. The summed E-state index contributed by atoms with van der Waals surface area (Å²) in [6, 6.07) is 3.60. The summed E-state index contributed by atoms with van der Waals surface area (Å²) in [4.78, 5) is 10.8. The van der Waals surface area contributed by atoms with Gasteiger partial charge in [-0.25, -0.2) is 8.78 Å². The van der Waals surface area contributed by atoms with Crippen LogP contribution in [0.5, 0.6) is 0 Å². The summed E-state index contributed by atoms with van der Waals surface area (Å²) >= 11 is 0. The van der Waals surface area contributed by atoms with E-state index < -0.39 is 23.7 Å². The lowest BCUT2D eigenvalue weighted by molar-refractivity contribution is -0.141. The molecule has 1 aromatic rings. The lowest BCUT2D eigenvalue weighted by Crippen LogP contribution is -2.04. The molecular formula is C10H8F2O2. The molecule has 1 heterocycles. The highest BCUT2D eigenvalue weighted by molar-refractivity contribution is 5.71. The third-order valence-corrected chi connectivity index (χ3v) is 2.21. The maximum Gasteiger partial charge on any atom is 0.306 e. The van der Waals surface area contributed by atoms with Crippen molar-refractivity contribution in [1.29, 1.82) is 0 Å². The van der Waals surface area contributed by atoms with Crippen LogP contribution in [0, 0.1) is 11.6 Å². The van der Waals surface area contributed by atoms with Crippen LogP contribution >= 0.6 is 0 Å². The van der Waals surface area contributed by atoms with Crippen LogP contribution in [0.15, 0.2) is 18.2 Å². The molecule has 0 bridgehead atoms. The van der Waals surface area contributed by atoms with E-state index in [0.717, 1.165) is 12.1 Å². The van der Waals surface area contributed by atoms with Gasteiger partial charge in [0, 0.05) is 6.42 Å². The molecule has 0 saturated carbocycles. The van der Waals surface area contributed by atoms with E-state index in [2.05, 4.69) is 0 Å². The number of ether oxygens (including phenoxy) is 1. The molecular weight excluding hydrogens is 190 g/mol. The van der Waals surface area contributed by atoms with E-state index in [4.69, 9.17) is 4.74 Å². The minimum absolute atomic E-state index is 0.140. The molecule has 0 aliphatic carbocycles. The Morgan fingerprint density at radius 2 is 1.93 bits per heavy atom. The van der Waals surface area contributed by atoms with Crippen molar-refractivity contribution in [3.8, 4) is 0 Å². The van der Waals surface area contributed by atoms with Crippen molar-refractivity contribution < 1.29 is 18.3 Å². The third-order valence-electron chi connectivity index (χ3n) is 2.21. The monoisotopic (exact) mass is 198 g/mol. The highest BCUT2D eigenvalue weighted by Crippen LogP contribution is 2.32. The van der Waals surface area contributed by atoms with E-state index in [0.29, 0.717) is 6.42 Å². The number of benzene rings is 1. The van der Waals surface area contributed by atoms with Gasteiger partial charge in [0.05, 0.1) is 5.56 Å². The number of halogens is 2. The van der Waals surface area contributed by atoms with Crippen molar-refractivity contribution in [3.05, 3.63) is 35.4 Å². The molecule has 1 fully saturated rings. The molecule has 2 nitrogen and oxygen atoms in total. The molecule has 0 N–H and O–H groups in total. The molecule has 0 radical (unpaired) electrons. The van der Waals surface area contributed by atoms with Crippen LogP contribution in [0.4, 0.5) is 8.78 Å². The summed E-state index contributed by atoms with van der Waals surface area (Å²) in [7, 11) is 0. The van der Waals surface area contributed by atoms with Gasteiger partial charge in [0.25, 0.3) is 0 Å². The van der Waals surface area contributed by atoms with Gasteiger partial charge in [-0.15, -0.1) is 0 Å². The van der Waals surface area contributed by atoms with Crippen LogP contribution in [0.25, 0.3) is 0 Å². The standard InChI is InChI=1S/C10H8F2O2/c11-6-2-1-3-7(12)10(6)8-4-5-9(13)14-8/h1-3,8H,4-5H2/t8-/m1/s1. The Kier molecular flexibility index (Phi) is 2.19. The van der Waals surface area contributed by atoms with Gasteiger partial charge in [0.15, 0.2) is 0 Å². The second-order valence-electron chi connectivity index (χ2n) is 3.15. The number of carbonyl (C=O) groups excluding carboxylic acids is 1. The van der Waals surface area contributed by atoms with Gasteiger partial charge in [0.2, 0.25) is 0 Å². The molecule has 4 heteroatoms. The Balaban J connectivity index is 2.36. The van der Waals surface area contributed by atoms with Crippen LogP contribution in [0.2, 0.25) is 0 Å². The van der Waals surface area contributed by atoms with Gasteiger partial charge >= 0.3 is 5.97 Å². The first kappa shape index (κ1) is 9.12. The van der Waals surface area contributed by atoms with E-state index in [1.165, 1.54) is 6.07 Å². The summed E-state index contributed by atoms with van der Waals surface area (Å²) in [6.07, 6.45) is -0.196. The second kappa shape index (κ2) is 3.36. The van der Waals surface area contributed by atoms with Crippen LogP contribution in [0.3, 0.4) is 0 Å². The van der Waals surface area contributed by atoms with Crippen molar-refractivity contribution in [1.82, 2.24) is 0 Å². The number of cyclic esters (lactones) is 1. The summed E-state index contributed by atoms with van der Waals surface area (Å²) in [5.74, 6) is -1.73. The zero-order valence-electron chi connectivity index (χ0n) is 7.30. The van der Waals surface area contributed by atoms with Crippen LogP contribution in [0.1, 0.15) is 24.5 Å².